The van der Waals surface area contributed by atoms with Crippen molar-refractivity contribution < 1.29 is 4.79 Å². The molecule has 0 saturated heterocycles. The highest BCUT2D eigenvalue weighted by atomic mass is 35.5. The fourth-order valence-corrected chi connectivity index (χ4v) is 2.66. The van der Waals surface area contributed by atoms with Gasteiger partial charge in [-0.25, -0.2) is 5.43 Å². The number of carbonyl (C=O) groups excluding carboxylic acids is 1. The van der Waals surface area contributed by atoms with Crippen molar-refractivity contribution in [3.05, 3.63) is 75.4 Å². The van der Waals surface area contributed by atoms with Crippen LogP contribution in [0, 0.1) is 6.92 Å². The number of amides is 1. The fraction of sp³-hybridized carbons (Fsp3) is 0.0556. The number of aromatic nitrogens is 2. The molecule has 3 aromatic rings. The molecule has 5 nitrogen and oxygen atoms in total. The normalized spacial score (nSPS) is 11.0. The van der Waals surface area contributed by atoms with E-state index in [1.807, 2.05) is 31.2 Å². The van der Waals surface area contributed by atoms with Crippen molar-refractivity contribution in [2.24, 2.45) is 5.10 Å². The number of aromatic amines is 1. The smallest absolute Gasteiger partial charge is 0.272 e. The maximum absolute atomic E-state index is 12.1. The third-order valence-electron chi connectivity index (χ3n) is 3.53. The van der Waals surface area contributed by atoms with Gasteiger partial charge < -0.3 is 0 Å². The SMILES string of the molecule is Cc1ccc(-c2cc(C(=O)N/N=C/c3c(Cl)cccc3Cl)[nH]n2)cc1. The van der Waals surface area contributed by atoms with Crippen LogP contribution in [0.2, 0.25) is 10.0 Å². The number of nitrogens with one attached hydrogen (secondary N) is 2. The van der Waals surface area contributed by atoms with Gasteiger partial charge in [0.25, 0.3) is 5.91 Å². The lowest BCUT2D eigenvalue weighted by molar-refractivity contribution is 0.0950. The van der Waals surface area contributed by atoms with E-state index in [2.05, 4.69) is 20.7 Å². The van der Waals surface area contributed by atoms with Gasteiger partial charge in [-0.05, 0) is 25.1 Å². The van der Waals surface area contributed by atoms with Crippen LogP contribution in [0.3, 0.4) is 0 Å². The number of aryl methyl sites for hydroxylation is 1. The molecule has 1 heterocycles. The Morgan fingerprint density at radius 2 is 1.84 bits per heavy atom. The summed E-state index contributed by atoms with van der Waals surface area (Å²) in [6.45, 7) is 2.01. The van der Waals surface area contributed by atoms with E-state index in [0.717, 1.165) is 11.1 Å². The number of hydrogen-bond acceptors (Lipinski definition) is 3. The van der Waals surface area contributed by atoms with Gasteiger partial charge in [-0.2, -0.15) is 10.2 Å². The van der Waals surface area contributed by atoms with E-state index < -0.39 is 5.91 Å². The molecule has 0 aliphatic heterocycles. The van der Waals surface area contributed by atoms with Crippen LogP contribution in [0.1, 0.15) is 21.6 Å². The second-order valence-electron chi connectivity index (χ2n) is 5.37. The predicted octanol–water partition coefficient (Wildman–Crippen LogP) is 4.46. The highest BCUT2D eigenvalue weighted by Gasteiger charge is 2.10. The monoisotopic (exact) mass is 372 g/mol. The molecule has 0 aliphatic carbocycles. The zero-order chi connectivity index (χ0) is 17.8. The van der Waals surface area contributed by atoms with Crippen LogP contribution < -0.4 is 5.43 Å². The van der Waals surface area contributed by atoms with E-state index in [4.69, 9.17) is 23.2 Å². The molecule has 0 spiro atoms. The Morgan fingerprint density at radius 3 is 2.52 bits per heavy atom. The van der Waals surface area contributed by atoms with Crippen molar-refractivity contribution in [1.82, 2.24) is 15.6 Å². The highest BCUT2D eigenvalue weighted by molar-refractivity contribution is 6.38. The summed E-state index contributed by atoms with van der Waals surface area (Å²) in [4.78, 5) is 12.1. The lowest BCUT2D eigenvalue weighted by Crippen LogP contribution is -2.18. The first-order chi connectivity index (χ1) is 12.0. The molecule has 0 saturated carbocycles. The van der Waals surface area contributed by atoms with Crippen molar-refractivity contribution >= 4 is 35.3 Å². The minimum atomic E-state index is -0.412. The van der Waals surface area contributed by atoms with Gasteiger partial charge in [-0.3, -0.25) is 9.89 Å². The summed E-state index contributed by atoms with van der Waals surface area (Å²) in [6, 6.07) is 14.7. The number of carbonyl (C=O) groups is 1. The summed E-state index contributed by atoms with van der Waals surface area (Å²) < 4.78 is 0. The number of hydrogen-bond donors (Lipinski definition) is 2. The number of halogens is 2. The molecule has 7 heteroatoms. The van der Waals surface area contributed by atoms with E-state index in [-0.39, 0.29) is 0 Å². The largest absolute Gasteiger partial charge is 0.289 e. The zero-order valence-electron chi connectivity index (χ0n) is 13.3. The molecule has 2 N–H and O–H groups in total. The summed E-state index contributed by atoms with van der Waals surface area (Å²) in [5.41, 5.74) is 6.02. The quantitative estimate of drug-likeness (QED) is 0.524. The Bertz CT molecular complexity index is 912. The average Bonchev–Trinajstić information content (AvgIpc) is 3.08. The number of rotatable bonds is 4. The van der Waals surface area contributed by atoms with E-state index in [1.165, 1.54) is 6.21 Å². The Morgan fingerprint density at radius 1 is 1.16 bits per heavy atom. The van der Waals surface area contributed by atoms with Crippen LogP contribution >= 0.6 is 23.2 Å². The van der Waals surface area contributed by atoms with E-state index in [1.54, 1.807) is 24.3 Å². The molecule has 2 aromatic carbocycles. The number of benzene rings is 2. The third-order valence-corrected chi connectivity index (χ3v) is 4.19. The first-order valence-corrected chi connectivity index (χ1v) is 8.20. The van der Waals surface area contributed by atoms with Crippen LogP contribution in [-0.2, 0) is 0 Å². The van der Waals surface area contributed by atoms with Crippen molar-refractivity contribution in [2.45, 2.75) is 6.92 Å². The van der Waals surface area contributed by atoms with Gasteiger partial charge in [0.05, 0.1) is 22.0 Å². The average molecular weight is 373 g/mol. The number of H-pyrrole nitrogens is 1. The van der Waals surface area contributed by atoms with Gasteiger partial charge in [0.2, 0.25) is 0 Å². The molecule has 0 unspecified atom stereocenters. The summed E-state index contributed by atoms with van der Waals surface area (Å²) in [5, 5.41) is 11.7. The van der Waals surface area contributed by atoms with Gasteiger partial charge in [0.1, 0.15) is 5.69 Å². The molecule has 126 valence electrons. The van der Waals surface area contributed by atoms with Gasteiger partial charge in [-0.1, -0.05) is 59.1 Å². The molecule has 1 aromatic heterocycles. The standard InChI is InChI=1S/C18H14Cl2N4O/c1-11-5-7-12(8-6-11)16-9-17(23-22-16)18(25)24-21-10-13-14(19)3-2-4-15(13)20/h2-10H,1H3,(H,22,23)(H,24,25)/b21-10+. The second-order valence-corrected chi connectivity index (χ2v) is 6.18. The van der Waals surface area contributed by atoms with E-state index >= 15 is 0 Å². The first-order valence-electron chi connectivity index (χ1n) is 7.44. The van der Waals surface area contributed by atoms with Crippen molar-refractivity contribution in [3.8, 4) is 11.3 Å². The molecular formula is C18H14Cl2N4O. The minimum absolute atomic E-state index is 0.304. The molecule has 25 heavy (non-hydrogen) atoms. The van der Waals surface area contributed by atoms with Crippen molar-refractivity contribution in [2.75, 3.05) is 0 Å². The maximum atomic E-state index is 12.1. The molecule has 0 fully saturated rings. The van der Waals surface area contributed by atoms with Crippen molar-refractivity contribution in [1.29, 1.82) is 0 Å². The fourth-order valence-electron chi connectivity index (χ4n) is 2.16. The number of nitrogens with zero attached hydrogens (tertiary/aromatic N) is 2. The summed E-state index contributed by atoms with van der Waals surface area (Å²) in [7, 11) is 0. The summed E-state index contributed by atoms with van der Waals surface area (Å²) in [5.74, 6) is -0.412. The van der Waals surface area contributed by atoms with Crippen LogP contribution in [0.25, 0.3) is 11.3 Å². The van der Waals surface area contributed by atoms with Gasteiger partial charge in [-0.15, -0.1) is 0 Å². The Hall–Kier alpha value is -2.63. The molecular weight excluding hydrogens is 359 g/mol. The van der Waals surface area contributed by atoms with Crippen molar-refractivity contribution in [3.63, 3.8) is 0 Å². The highest BCUT2D eigenvalue weighted by Crippen LogP contribution is 2.22. The second kappa shape index (κ2) is 7.51. The predicted molar refractivity (Wildman–Crippen MR) is 100 cm³/mol. The Balaban J connectivity index is 1.70. The lowest BCUT2D eigenvalue weighted by atomic mass is 10.1. The maximum Gasteiger partial charge on any atom is 0.289 e. The van der Waals surface area contributed by atoms with Crippen LogP contribution in [0.5, 0.6) is 0 Å². The van der Waals surface area contributed by atoms with Gasteiger partial charge >= 0.3 is 0 Å². The molecule has 0 bridgehead atoms. The minimum Gasteiger partial charge on any atom is -0.272 e. The molecule has 0 radical (unpaired) electrons. The lowest BCUT2D eigenvalue weighted by Gasteiger charge is -2.00. The van der Waals surface area contributed by atoms with Crippen LogP contribution in [0.4, 0.5) is 0 Å². The Kier molecular flexibility index (Phi) is 5.16. The van der Waals surface area contributed by atoms with Gasteiger partial charge in [0.15, 0.2) is 0 Å². The van der Waals surface area contributed by atoms with Crippen LogP contribution in [0.15, 0.2) is 53.6 Å². The number of hydrazone groups is 1. The Labute approximate surface area is 154 Å². The molecule has 1 amide bonds. The summed E-state index contributed by atoms with van der Waals surface area (Å²) in [6.07, 6.45) is 1.40. The van der Waals surface area contributed by atoms with E-state index in [0.29, 0.717) is 27.0 Å². The third kappa shape index (κ3) is 4.07. The summed E-state index contributed by atoms with van der Waals surface area (Å²) >= 11 is 12.1. The van der Waals surface area contributed by atoms with Crippen LogP contribution in [-0.4, -0.2) is 22.3 Å². The van der Waals surface area contributed by atoms with Gasteiger partial charge in [0, 0.05) is 11.1 Å². The molecule has 3 rings (SSSR count). The first kappa shape index (κ1) is 17.2. The molecule has 0 atom stereocenters. The zero-order valence-corrected chi connectivity index (χ0v) is 14.8. The molecule has 0 aliphatic rings. The van der Waals surface area contributed by atoms with E-state index in [9.17, 15) is 4.79 Å². The topological polar surface area (TPSA) is 70.1 Å².